The van der Waals surface area contributed by atoms with Gasteiger partial charge in [0.1, 0.15) is 11.9 Å². The number of phenols is 1. The van der Waals surface area contributed by atoms with E-state index in [9.17, 15) is 15.0 Å². The van der Waals surface area contributed by atoms with Crippen molar-refractivity contribution >= 4 is 29.1 Å². The third-order valence-electron chi connectivity index (χ3n) is 10.4. The summed E-state index contributed by atoms with van der Waals surface area (Å²) in [7, 11) is 1.64. The molecule has 2 saturated carbocycles. The molecule has 8 heteroatoms. The highest BCUT2D eigenvalue weighted by atomic mass is 35.5. The van der Waals surface area contributed by atoms with Crippen LogP contribution >= 0.6 is 12.4 Å². The molecule has 3 N–H and O–H groups in total. The van der Waals surface area contributed by atoms with Crippen molar-refractivity contribution in [1.82, 2.24) is 10.2 Å². The van der Waals surface area contributed by atoms with E-state index in [0.29, 0.717) is 24.2 Å². The molecule has 3 fully saturated rings. The maximum Gasteiger partial charge on any atom is 0.251 e. The Morgan fingerprint density at radius 2 is 1.90 bits per heavy atom. The van der Waals surface area contributed by atoms with Gasteiger partial charge in [0.2, 0.25) is 0 Å². The van der Waals surface area contributed by atoms with Crippen LogP contribution in [0.3, 0.4) is 0 Å². The summed E-state index contributed by atoms with van der Waals surface area (Å²) in [6.07, 6.45) is 4.87. The zero-order chi connectivity index (χ0) is 26.5. The number of phenolic OH excluding ortho intramolecular Hbond substituents is 1. The van der Waals surface area contributed by atoms with Crippen LogP contribution in [0.5, 0.6) is 17.2 Å². The molecule has 7 nitrogen and oxygen atoms in total. The van der Waals surface area contributed by atoms with E-state index in [2.05, 4.69) is 10.2 Å². The Kier molecular flexibility index (Phi) is 5.84. The first-order valence-electron chi connectivity index (χ1n) is 14.3. The molecule has 5 atom stereocenters. The second-order valence-corrected chi connectivity index (χ2v) is 12.3. The van der Waals surface area contributed by atoms with Crippen LogP contribution in [0, 0.1) is 5.92 Å². The van der Waals surface area contributed by atoms with Crippen molar-refractivity contribution in [2.24, 2.45) is 5.92 Å². The number of ether oxygens (including phenoxy) is 2. The van der Waals surface area contributed by atoms with Gasteiger partial charge in [0.05, 0.1) is 24.2 Å². The van der Waals surface area contributed by atoms with E-state index >= 15 is 0 Å². The normalized spacial score (nSPS) is 31.6. The molecule has 8 rings (SSSR count). The Morgan fingerprint density at radius 1 is 1.10 bits per heavy atom. The lowest BCUT2D eigenvalue weighted by molar-refractivity contribution is -0.191. The predicted octanol–water partition coefficient (Wildman–Crippen LogP) is 4.34. The van der Waals surface area contributed by atoms with Gasteiger partial charge in [-0.15, -0.1) is 12.4 Å². The van der Waals surface area contributed by atoms with Gasteiger partial charge in [0.15, 0.2) is 11.5 Å². The highest BCUT2D eigenvalue weighted by Crippen LogP contribution is 2.65. The number of aliphatic hydroxyl groups is 1. The zero-order valence-corrected chi connectivity index (χ0v) is 23.4. The van der Waals surface area contributed by atoms with Gasteiger partial charge in [-0.3, -0.25) is 9.69 Å². The molecule has 1 spiro atoms. The minimum atomic E-state index is -0.958. The summed E-state index contributed by atoms with van der Waals surface area (Å²) in [5, 5.41) is 28.7. The molecule has 2 aliphatic heterocycles. The summed E-state index contributed by atoms with van der Waals surface area (Å²) in [5.41, 5.74) is 1.13. The molecule has 3 aromatic carbocycles. The summed E-state index contributed by atoms with van der Waals surface area (Å²) in [4.78, 5) is 16.1. The Labute approximate surface area is 239 Å². The fourth-order valence-corrected chi connectivity index (χ4v) is 8.37. The van der Waals surface area contributed by atoms with Crippen LogP contribution in [0.15, 0.2) is 48.5 Å². The first kappa shape index (κ1) is 25.9. The van der Waals surface area contributed by atoms with Gasteiger partial charge < -0.3 is 25.0 Å². The molecule has 0 aromatic heterocycles. The summed E-state index contributed by atoms with van der Waals surface area (Å²) in [5.74, 6) is 2.00. The van der Waals surface area contributed by atoms with Gasteiger partial charge in [-0.1, -0.05) is 18.2 Å². The monoisotopic (exact) mass is 562 g/mol. The maximum absolute atomic E-state index is 13.6. The van der Waals surface area contributed by atoms with E-state index < -0.39 is 17.1 Å². The molecule has 5 aliphatic rings. The summed E-state index contributed by atoms with van der Waals surface area (Å²) in [6, 6.07) is 15.0. The lowest BCUT2D eigenvalue weighted by Crippen LogP contribution is -2.78. The minimum absolute atomic E-state index is 0. The molecule has 0 radical (unpaired) electrons. The van der Waals surface area contributed by atoms with Gasteiger partial charge in [-0.2, -0.15) is 0 Å². The molecule has 40 heavy (non-hydrogen) atoms. The number of amides is 1. The highest BCUT2D eigenvalue weighted by molar-refractivity contribution is 5.99. The van der Waals surface area contributed by atoms with Crippen molar-refractivity contribution < 1.29 is 24.5 Å². The van der Waals surface area contributed by atoms with Crippen molar-refractivity contribution in [3.05, 3.63) is 65.2 Å². The second kappa shape index (κ2) is 9.00. The first-order chi connectivity index (χ1) is 18.9. The Hall–Kier alpha value is -3.00. The minimum Gasteiger partial charge on any atom is -0.504 e. The third-order valence-corrected chi connectivity index (χ3v) is 10.4. The van der Waals surface area contributed by atoms with Gasteiger partial charge in [0, 0.05) is 23.7 Å². The van der Waals surface area contributed by atoms with Crippen molar-refractivity contribution in [3.8, 4) is 17.2 Å². The average Bonchev–Trinajstić information content (AvgIpc) is 3.69. The SMILES string of the molecule is COc1ccc2cc(C(=O)N[C@@H]3CC[C@@]4(O)C5Cc6ccc(O)c7c6[C@@]4(CCN5CC4CC4)[C@H]3O7)ccc2c1.Cl. The van der Waals surface area contributed by atoms with E-state index in [1.165, 1.54) is 12.8 Å². The molecule has 3 aromatic rings. The van der Waals surface area contributed by atoms with Crippen molar-refractivity contribution in [3.63, 3.8) is 0 Å². The number of nitrogens with one attached hydrogen (secondary N) is 1. The van der Waals surface area contributed by atoms with E-state index in [4.69, 9.17) is 9.47 Å². The molecule has 1 unspecified atom stereocenters. The number of carbonyl (C=O) groups is 1. The molecule has 1 amide bonds. The average molecular weight is 563 g/mol. The maximum atomic E-state index is 13.6. The molecule has 2 bridgehead atoms. The van der Waals surface area contributed by atoms with Crippen LogP contribution in [-0.4, -0.2) is 65.0 Å². The van der Waals surface area contributed by atoms with Gasteiger partial charge in [-0.25, -0.2) is 0 Å². The Morgan fingerprint density at radius 3 is 2.70 bits per heavy atom. The van der Waals surface area contributed by atoms with Crippen LogP contribution in [0.4, 0.5) is 0 Å². The van der Waals surface area contributed by atoms with E-state index in [1.807, 2.05) is 42.5 Å². The number of piperidine rings is 1. The fraction of sp³-hybridized carbons (Fsp3) is 0.469. The third kappa shape index (κ3) is 3.47. The van der Waals surface area contributed by atoms with Gasteiger partial charge in [-0.05, 0) is 97.7 Å². The number of hydrogen-bond donors (Lipinski definition) is 3. The van der Waals surface area contributed by atoms with E-state index in [1.54, 1.807) is 13.2 Å². The summed E-state index contributed by atoms with van der Waals surface area (Å²) in [6.45, 7) is 1.94. The standard InChI is InChI=1S/C32H34N2O5.ClH/c1-38-23-8-6-19-14-22(5-4-20(19)15-23)30(36)33-24-10-11-32(37)26-16-21-7-9-25(35)28-27(21)31(32,29(24)39-28)12-13-34(26)17-18-2-3-18;/h4-9,14-15,18,24,26,29,35,37H,2-3,10-13,16-17H2,1H3,(H,33,36);1H/t24-,26?,29+,31+,32-;/m1./s1. The molecule has 2 heterocycles. The van der Waals surface area contributed by atoms with Crippen LogP contribution in [0.2, 0.25) is 0 Å². The number of aromatic hydroxyl groups is 1. The van der Waals surface area contributed by atoms with E-state index in [0.717, 1.165) is 59.5 Å². The lowest BCUT2D eigenvalue weighted by Gasteiger charge is -2.64. The number of nitrogens with zero attached hydrogens (tertiary/aromatic N) is 1. The number of carbonyl (C=O) groups excluding carboxylic acids is 1. The topological polar surface area (TPSA) is 91.3 Å². The van der Waals surface area contributed by atoms with Crippen molar-refractivity contribution in [1.29, 1.82) is 0 Å². The number of halogens is 1. The molecule has 3 aliphatic carbocycles. The van der Waals surface area contributed by atoms with Gasteiger partial charge in [0.25, 0.3) is 5.91 Å². The molecular weight excluding hydrogens is 528 g/mol. The second-order valence-electron chi connectivity index (χ2n) is 12.3. The van der Waals surface area contributed by atoms with Crippen LogP contribution in [-0.2, 0) is 11.8 Å². The molecule has 210 valence electrons. The number of hydrogen-bond acceptors (Lipinski definition) is 6. The Bertz CT molecular complexity index is 1520. The first-order valence-corrected chi connectivity index (χ1v) is 14.3. The van der Waals surface area contributed by atoms with Crippen molar-refractivity contribution in [2.75, 3.05) is 20.2 Å². The van der Waals surface area contributed by atoms with Crippen molar-refractivity contribution in [2.45, 2.75) is 67.7 Å². The largest absolute Gasteiger partial charge is 0.504 e. The molecular formula is C32H35ClN2O5. The van der Waals surface area contributed by atoms with Gasteiger partial charge >= 0.3 is 0 Å². The number of methoxy groups -OCH3 is 1. The Balaban J connectivity index is 0.00000264. The highest BCUT2D eigenvalue weighted by Gasteiger charge is 2.73. The summed E-state index contributed by atoms with van der Waals surface area (Å²) >= 11 is 0. The van der Waals surface area contributed by atoms with Crippen LogP contribution in [0.25, 0.3) is 10.8 Å². The van der Waals surface area contributed by atoms with E-state index in [-0.39, 0.29) is 36.1 Å². The number of fused-ring (bicyclic) bond motifs is 1. The zero-order valence-electron chi connectivity index (χ0n) is 22.6. The lowest BCUT2D eigenvalue weighted by atomic mass is 9.48. The smallest absolute Gasteiger partial charge is 0.251 e. The number of likely N-dealkylation sites (tertiary alicyclic amines) is 1. The quantitative estimate of drug-likeness (QED) is 0.429. The predicted molar refractivity (Wildman–Crippen MR) is 154 cm³/mol. The number of benzene rings is 3. The number of rotatable bonds is 5. The fourth-order valence-electron chi connectivity index (χ4n) is 8.37. The summed E-state index contributed by atoms with van der Waals surface area (Å²) < 4.78 is 11.9. The van der Waals surface area contributed by atoms with Crippen LogP contribution < -0.4 is 14.8 Å². The van der Waals surface area contributed by atoms with Crippen LogP contribution in [0.1, 0.15) is 53.6 Å². The molecule has 1 saturated heterocycles.